The van der Waals surface area contributed by atoms with Gasteiger partial charge in [0.15, 0.2) is 0 Å². The predicted molar refractivity (Wildman–Crippen MR) is 50.8 cm³/mol. The number of carbonyl (C=O) groups excluding carboxylic acids is 1. The Labute approximate surface area is 87.5 Å². The highest BCUT2D eigenvalue weighted by Crippen LogP contribution is 1.98. The molecule has 0 bridgehead atoms. The molecule has 4 heteroatoms. The van der Waals surface area contributed by atoms with Crippen molar-refractivity contribution in [2.24, 2.45) is 0 Å². The lowest BCUT2D eigenvalue weighted by atomic mass is 10.4. The summed E-state index contributed by atoms with van der Waals surface area (Å²) in [5.41, 5.74) is 0. The van der Waals surface area contributed by atoms with Crippen molar-refractivity contribution in [3.63, 3.8) is 0 Å². The van der Waals surface area contributed by atoms with Crippen LogP contribution in [0.1, 0.15) is 20.8 Å². The van der Waals surface area contributed by atoms with Gasteiger partial charge in [0.1, 0.15) is 0 Å². The first kappa shape index (κ1) is 15.2. The Kier molecular flexibility index (Phi) is 8.37. The Morgan fingerprint density at radius 1 is 1.31 bits per heavy atom. The molecule has 0 rings (SSSR count). The number of hydrogen-bond acceptors (Lipinski definition) is 1. The minimum atomic E-state index is 0. The van der Waals surface area contributed by atoms with Gasteiger partial charge in [-0.2, -0.15) is 0 Å². The molecule has 0 fully saturated rings. The third-order valence-corrected chi connectivity index (χ3v) is 2.55. The lowest BCUT2D eigenvalue weighted by Gasteiger charge is -2.32. The SMILES string of the molecule is CC[N+](C)(CC)CCNC(C)=O.[Cl-]. The average molecular weight is 209 g/mol. The zero-order chi connectivity index (χ0) is 9.61. The molecule has 0 aromatic carbocycles. The van der Waals surface area contributed by atoms with Crippen LogP contribution in [0.3, 0.4) is 0 Å². The zero-order valence-corrected chi connectivity index (χ0v) is 9.82. The van der Waals surface area contributed by atoms with Gasteiger partial charge in [0.25, 0.3) is 0 Å². The molecule has 0 atom stereocenters. The first-order chi connectivity index (χ1) is 5.54. The molecule has 80 valence electrons. The number of nitrogens with one attached hydrogen (secondary N) is 1. The fourth-order valence-electron chi connectivity index (χ4n) is 1.04. The normalized spacial score (nSPS) is 10.5. The Morgan fingerprint density at radius 2 is 1.77 bits per heavy atom. The van der Waals surface area contributed by atoms with Gasteiger partial charge in [0.2, 0.25) is 5.91 Å². The Balaban J connectivity index is 0. The quantitative estimate of drug-likeness (QED) is 0.503. The van der Waals surface area contributed by atoms with E-state index >= 15 is 0 Å². The van der Waals surface area contributed by atoms with Crippen molar-refractivity contribution in [2.45, 2.75) is 20.8 Å². The lowest BCUT2D eigenvalue weighted by molar-refractivity contribution is -0.904. The standard InChI is InChI=1S/C9H20N2O.ClH/c1-5-11(4,6-2)8-7-10-9(3)12;/h5-8H2,1-4H3;1H. The molecule has 0 aromatic rings. The number of hydrogen-bond donors (Lipinski definition) is 1. The molecule has 0 heterocycles. The molecule has 0 aliphatic rings. The Bertz CT molecular complexity index is 147. The highest BCUT2D eigenvalue weighted by Gasteiger charge is 2.14. The van der Waals surface area contributed by atoms with Crippen molar-refractivity contribution in [1.29, 1.82) is 0 Å². The Morgan fingerprint density at radius 3 is 2.08 bits per heavy atom. The van der Waals surface area contributed by atoms with Gasteiger partial charge in [-0.05, 0) is 13.8 Å². The monoisotopic (exact) mass is 208 g/mol. The van der Waals surface area contributed by atoms with Gasteiger partial charge in [-0.25, -0.2) is 0 Å². The maximum atomic E-state index is 10.6. The number of quaternary nitrogens is 1. The highest BCUT2D eigenvalue weighted by molar-refractivity contribution is 5.72. The minimum absolute atomic E-state index is 0. The second-order valence-electron chi connectivity index (χ2n) is 3.46. The van der Waals surface area contributed by atoms with Crippen LogP contribution in [0.4, 0.5) is 0 Å². The van der Waals surface area contributed by atoms with E-state index in [1.54, 1.807) is 6.92 Å². The van der Waals surface area contributed by atoms with Gasteiger partial charge in [-0.3, -0.25) is 4.79 Å². The topological polar surface area (TPSA) is 29.1 Å². The number of rotatable bonds is 5. The van der Waals surface area contributed by atoms with Crippen LogP contribution in [0.2, 0.25) is 0 Å². The summed E-state index contributed by atoms with van der Waals surface area (Å²) in [5, 5.41) is 2.82. The summed E-state index contributed by atoms with van der Waals surface area (Å²) >= 11 is 0. The van der Waals surface area contributed by atoms with Crippen LogP contribution < -0.4 is 17.7 Å². The van der Waals surface area contributed by atoms with E-state index in [4.69, 9.17) is 0 Å². The smallest absolute Gasteiger partial charge is 0.217 e. The number of nitrogens with zero attached hydrogens (tertiary/aromatic N) is 1. The third kappa shape index (κ3) is 6.84. The van der Waals surface area contributed by atoms with Crippen LogP contribution in [0.15, 0.2) is 0 Å². The van der Waals surface area contributed by atoms with Gasteiger partial charge >= 0.3 is 0 Å². The first-order valence-electron chi connectivity index (χ1n) is 4.62. The largest absolute Gasteiger partial charge is 1.00 e. The summed E-state index contributed by atoms with van der Waals surface area (Å²) in [7, 11) is 2.21. The summed E-state index contributed by atoms with van der Waals surface area (Å²) in [5.74, 6) is 0.0637. The van der Waals surface area contributed by atoms with Crippen molar-refractivity contribution in [2.75, 3.05) is 33.2 Å². The van der Waals surface area contributed by atoms with Crippen molar-refractivity contribution in [1.82, 2.24) is 5.32 Å². The van der Waals surface area contributed by atoms with E-state index in [0.717, 1.165) is 30.7 Å². The molecule has 0 saturated carbocycles. The molecule has 0 unspecified atom stereocenters. The van der Waals surface area contributed by atoms with Crippen molar-refractivity contribution >= 4 is 5.91 Å². The van der Waals surface area contributed by atoms with Gasteiger partial charge in [0, 0.05) is 6.92 Å². The second-order valence-corrected chi connectivity index (χ2v) is 3.46. The zero-order valence-electron chi connectivity index (χ0n) is 9.06. The first-order valence-corrected chi connectivity index (χ1v) is 4.62. The van der Waals surface area contributed by atoms with Crippen molar-refractivity contribution < 1.29 is 21.7 Å². The number of carbonyl (C=O) groups is 1. The van der Waals surface area contributed by atoms with E-state index in [-0.39, 0.29) is 18.3 Å². The molecule has 3 nitrogen and oxygen atoms in total. The summed E-state index contributed by atoms with van der Waals surface area (Å²) in [6.07, 6.45) is 0. The van der Waals surface area contributed by atoms with Crippen LogP contribution in [0.25, 0.3) is 0 Å². The number of halogens is 1. The molecule has 0 aliphatic heterocycles. The molecule has 0 aliphatic carbocycles. The molecule has 0 saturated heterocycles. The molecular formula is C9H21ClN2O. The van der Waals surface area contributed by atoms with Crippen LogP contribution in [-0.4, -0.2) is 43.6 Å². The Hall–Kier alpha value is -0.280. The van der Waals surface area contributed by atoms with Gasteiger partial charge in [-0.1, -0.05) is 0 Å². The number of likely N-dealkylation sites (N-methyl/N-ethyl adjacent to an activating group) is 1. The molecular weight excluding hydrogens is 188 g/mol. The summed E-state index contributed by atoms with van der Waals surface area (Å²) in [4.78, 5) is 10.6. The molecule has 13 heavy (non-hydrogen) atoms. The maximum Gasteiger partial charge on any atom is 0.217 e. The third-order valence-electron chi connectivity index (χ3n) is 2.55. The van der Waals surface area contributed by atoms with Crippen LogP contribution >= 0.6 is 0 Å². The van der Waals surface area contributed by atoms with Crippen molar-refractivity contribution in [3.05, 3.63) is 0 Å². The van der Waals surface area contributed by atoms with E-state index in [0.29, 0.717) is 0 Å². The van der Waals surface area contributed by atoms with E-state index < -0.39 is 0 Å². The fraction of sp³-hybridized carbons (Fsp3) is 0.889. The van der Waals surface area contributed by atoms with E-state index in [1.807, 2.05) is 0 Å². The second kappa shape index (κ2) is 7.15. The molecule has 0 aromatic heterocycles. The van der Waals surface area contributed by atoms with Crippen molar-refractivity contribution in [3.8, 4) is 0 Å². The minimum Gasteiger partial charge on any atom is -1.00 e. The van der Waals surface area contributed by atoms with Gasteiger partial charge < -0.3 is 22.2 Å². The fourth-order valence-corrected chi connectivity index (χ4v) is 1.04. The van der Waals surface area contributed by atoms with Crippen LogP contribution in [-0.2, 0) is 4.79 Å². The lowest BCUT2D eigenvalue weighted by Crippen LogP contribution is -3.00. The summed E-state index contributed by atoms with van der Waals surface area (Å²) in [6.45, 7) is 9.96. The van der Waals surface area contributed by atoms with E-state index in [2.05, 4.69) is 26.2 Å². The maximum absolute atomic E-state index is 10.6. The molecule has 1 N–H and O–H groups in total. The van der Waals surface area contributed by atoms with Crippen LogP contribution in [0, 0.1) is 0 Å². The van der Waals surface area contributed by atoms with E-state index in [9.17, 15) is 4.79 Å². The predicted octanol–water partition coefficient (Wildman–Crippen LogP) is -2.39. The van der Waals surface area contributed by atoms with Gasteiger partial charge in [-0.15, -0.1) is 0 Å². The highest BCUT2D eigenvalue weighted by atomic mass is 35.5. The summed E-state index contributed by atoms with van der Waals surface area (Å²) in [6, 6.07) is 0. The average Bonchev–Trinajstić information content (AvgIpc) is 2.03. The van der Waals surface area contributed by atoms with Crippen LogP contribution in [0.5, 0.6) is 0 Å². The molecule has 0 spiro atoms. The van der Waals surface area contributed by atoms with E-state index in [1.165, 1.54) is 0 Å². The molecule has 1 amide bonds. The number of amides is 1. The van der Waals surface area contributed by atoms with Gasteiger partial charge in [0.05, 0.1) is 33.2 Å². The molecule has 0 radical (unpaired) electrons. The summed E-state index contributed by atoms with van der Waals surface area (Å²) < 4.78 is 1.03.